The Balaban J connectivity index is 1.67. The molecule has 0 aliphatic carbocycles. The Morgan fingerprint density at radius 2 is 1.59 bits per heavy atom. The van der Waals surface area contributed by atoms with Gasteiger partial charge in [0, 0.05) is 30.3 Å². The van der Waals surface area contributed by atoms with Crippen LogP contribution in [0, 0.1) is 0 Å². The van der Waals surface area contributed by atoms with Crippen LogP contribution in [0.2, 0.25) is 5.04 Å². The molecule has 3 aromatic rings. The minimum atomic E-state index is -2.74. The third-order valence-electron chi connectivity index (χ3n) is 7.46. The summed E-state index contributed by atoms with van der Waals surface area (Å²) in [6.45, 7) is 6.84. The number of alkyl halides is 1. The number of carbonyl (C=O) groups excluding carboxylic acids is 1. The van der Waals surface area contributed by atoms with Crippen LogP contribution in [-0.4, -0.2) is 26.1 Å². The predicted octanol–water partition coefficient (Wildman–Crippen LogP) is 5.85. The average Bonchev–Trinajstić information content (AvgIpc) is 3.22. The molecule has 0 saturated carbocycles. The maximum atomic E-state index is 12.8. The lowest BCUT2D eigenvalue weighted by Crippen LogP contribution is -2.68. The van der Waals surface area contributed by atoms with Crippen molar-refractivity contribution in [3.8, 4) is 5.75 Å². The van der Waals surface area contributed by atoms with Gasteiger partial charge in [-0.05, 0) is 39.9 Å². The van der Waals surface area contributed by atoms with Crippen molar-refractivity contribution in [2.45, 2.75) is 57.0 Å². The van der Waals surface area contributed by atoms with Crippen molar-refractivity contribution in [3.63, 3.8) is 0 Å². The zero-order chi connectivity index (χ0) is 23.9. The number of anilines is 1. The van der Waals surface area contributed by atoms with Gasteiger partial charge in [-0.25, -0.2) is 0 Å². The molecule has 2 heterocycles. The fourth-order valence-electron chi connectivity index (χ4n) is 5.87. The summed E-state index contributed by atoms with van der Waals surface area (Å²) in [5.41, 5.74) is 2.15. The van der Waals surface area contributed by atoms with E-state index in [1.807, 2.05) is 4.90 Å². The first kappa shape index (κ1) is 23.2. The van der Waals surface area contributed by atoms with E-state index in [1.54, 1.807) is 0 Å². The molecular formula is C29H32ClNO2Si. The zero-order valence-corrected chi connectivity index (χ0v) is 21.9. The summed E-state index contributed by atoms with van der Waals surface area (Å²) in [7, 11) is -2.74. The van der Waals surface area contributed by atoms with E-state index in [0.717, 1.165) is 29.8 Å². The largest absolute Gasteiger partial charge is 0.534 e. The second kappa shape index (κ2) is 8.90. The topological polar surface area (TPSA) is 29.5 Å². The lowest BCUT2D eigenvalue weighted by atomic mass is 9.87. The van der Waals surface area contributed by atoms with E-state index in [0.29, 0.717) is 12.3 Å². The normalized spacial score (nSPS) is 20.1. The molecule has 2 aliphatic rings. The molecular weight excluding hydrogens is 458 g/mol. The van der Waals surface area contributed by atoms with Crippen LogP contribution in [0.1, 0.15) is 51.5 Å². The van der Waals surface area contributed by atoms with Crippen LogP contribution in [0.5, 0.6) is 5.75 Å². The quantitative estimate of drug-likeness (QED) is 0.332. The SMILES string of the molecule is CC(C)(C)[Si](Oc1ccc2c(c1)N1C(=O)CC[C@@H]1C[C@@H]2CCl)(c1ccccc1)c1ccccc1. The van der Waals surface area contributed by atoms with E-state index in [1.165, 1.54) is 10.4 Å². The van der Waals surface area contributed by atoms with Gasteiger partial charge in [0.25, 0.3) is 0 Å². The van der Waals surface area contributed by atoms with E-state index in [2.05, 4.69) is 99.6 Å². The highest BCUT2D eigenvalue weighted by Gasteiger charge is 2.52. The first-order valence-corrected chi connectivity index (χ1v) is 14.6. The Hall–Kier alpha value is -2.56. The van der Waals surface area contributed by atoms with Crippen molar-refractivity contribution >= 4 is 41.9 Å². The van der Waals surface area contributed by atoms with Crippen molar-refractivity contribution in [2.24, 2.45) is 0 Å². The van der Waals surface area contributed by atoms with Crippen LogP contribution in [0.4, 0.5) is 5.69 Å². The van der Waals surface area contributed by atoms with Gasteiger partial charge in [-0.2, -0.15) is 0 Å². The molecule has 0 bridgehead atoms. The highest BCUT2D eigenvalue weighted by atomic mass is 35.5. The molecule has 1 saturated heterocycles. The number of nitrogens with zero attached hydrogens (tertiary/aromatic N) is 1. The van der Waals surface area contributed by atoms with Gasteiger partial charge in [0.2, 0.25) is 5.91 Å². The van der Waals surface area contributed by atoms with Gasteiger partial charge in [0.05, 0.1) is 5.69 Å². The van der Waals surface area contributed by atoms with Crippen LogP contribution in [0.15, 0.2) is 78.9 Å². The summed E-state index contributed by atoms with van der Waals surface area (Å²) in [4.78, 5) is 14.8. The number of carbonyl (C=O) groups is 1. The van der Waals surface area contributed by atoms with E-state index in [9.17, 15) is 4.79 Å². The van der Waals surface area contributed by atoms with Crippen molar-refractivity contribution < 1.29 is 9.22 Å². The van der Waals surface area contributed by atoms with E-state index in [4.69, 9.17) is 16.0 Å². The highest BCUT2D eigenvalue weighted by molar-refractivity contribution is 7.00. The third-order valence-corrected chi connectivity index (χ3v) is 12.8. The standard InChI is InChI=1S/C29H32ClNO2Si/c1-29(2,3)34(24-10-6-4-7-11-24,25-12-8-5-9-13-25)33-23-15-16-26-21(20-30)18-22-14-17-28(32)31(22)27(26)19-23/h4-13,15-16,19,21-22H,14,17-18,20H2,1-3H3/t21-,22-/m1/s1. The Kier molecular flexibility index (Phi) is 6.07. The molecule has 2 aliphatic heterocycles. The monoisotopic (exact) mass is 489 g/mol. The molecule has 0 N–H and O–H groups in total. The first-order valence-electron chi connectivity index (χ1n) is 12.2. The van der Waals surface area contributed by atoms with Gasteiger partial charge in [-0.15, -0.1) is 11.6 Å². The summed E-state index contributed by atoms with van der Waals surface area (Å²) >= 11 is 6.37. The second-order valence-electron chi connectivity index (χ2n) is 10.5. The maximum Gasteiger partial charge on any atom is 0.319 e. The fraction of sp³-hybridized carbons (Fsp3) is 0.345. The Bertz CT molecular complexity index is 1140. The number of rotatable bonds is 5. The van der Waals surface area contributed by atoms with E-state index < -0.39 is 8.32 Å². The number of hydrogen-bond donors (Lipinski definition) is 0. The molecule has 176 valence electrons. The summed E-state index contributed by atoms with van der Waals surface area (Å²) in [6.07, 6.45) is 2.46. The van der Waals surface area contributed by atoms with Gasteiger partial charge in [-0.3, -0.25) is 4.79 Å². The summed E-state index contributed by atoms with van der Waals surface area (Å²) in [6, 6.07) is 27.9. The number of hydrogen-bond acceptors (Lipinski definition) is 2. The lowest BCUT2D eigenvalue weighted by molar-refractivity contribution is -0.117. The molecule has 5 rings (SSSR count). The number of halogens is 1. The maximum absolute atomic E-state index is 12.8. The highest BCUT2D eigenvalue weighted by Crippen LogP contribution is 2.46. The molecule has 3 nitrogen and oxygen atoms in total. The molecule has 0 aromatic heterocycles. The summed E-state index contributed by atoms with van der Waals surface area (Å²) in [5.74, 6) is 1.87. The van der Waals surface area contributed by atoms with Crippen LogP contribution in [-0.2, 0) is 4.79 Å². The van der Waals surface area contributed by atoms with Crippen molar-refractivity contribution in [2.75, 3.05) is 10.8 Å². The van der Waals surface area contributed by atoms with Gasteiger partial charge in [0.1, 0.15) is 5.75 Å². The van der Waals surface area contributed by atoms with Crippen LogP contribution < -0.4 is 19.7 Å². The molecule has 2 atom stereocenters. The van der Waals surface area contributed by atoms with Gasteiger partial charge in [-0.1, -0.05) is 87.5 Å². The first-order chi connectivity index (χ1) is 16.3. The van der Waals surface area contributed by atoms with Gasteiger partial charge in [0.15, 0.2) is 0 Å². The van der Waals surface area contributed by atoms with Gasteiger partial charge < -0.3 is 9.33 Å². The molecule has 3 aromatic carbocycles. The lowest BCUT2D eigenvalue weighted by Gasteiger charge is -2.43. The predicted molar refractivity (Wildman–Crippen MR) is 143 cm³/mol. The van der Waals surface area contributed by atoms with Crippen molar-refractivity contribution in [1.29, 1.82) is 0 Å². The second-order valence-corrected chi connectivity index (χ2v) is 15.1. The Labute approximate surface area is 208 Å². The number of fused-ring (bicyclic) bond motifs is 3. The van der Waals surface area contributed by atoms with Crippen molar-refractivity contribution in [1.82, 2.24) is 0 Å². The molecule has 1 amide bonds. The van der Waals surface area contributed by atoms with Crippen LogP contribution in [0.3, 0.4) is 0 Å². The molecule has 1 fully saturated rings. The van der Waals surface area contributed by atoms with E-state index >= 15 is 0 Å². The number of amides is 1. The van der Waals surface area contributed by atoms with Crippen LogP contribution >= 0.6 is 11.6 Å². The Morgan fingerprint density at radius 3 is 2.15 bits per heavy atom. The number of benzene rings is 3. The zero-order valence-electron chi connectivity index (χ0n) is 20.1. The van der Waals surface area contributed by atoms with Crippen molar-refractivity contribution in [3.05, 3.63) is 84.4 Å². The molecule has 0 spiro atoms. The fourth-order valence-corrected chi connectivity index (χ4v) is 10.6. The molecule has 5 heteroatoms. The average molecular weight is 490 g/mol. The van der Waals surface area contributed by atoms with Gasteiger partial charge >= 0.3 is 8.32 Å². The molecule has 0 radical (unpaired) electrons. The van der Waals surface area contributed by atoms with Crippen LogP contribution in [0.25, 0.3) is 0 Å². The summed E-state index contributed by atoms with van der Waals surface area (Å²) < 4.78 is 7.23. The third kappa shape index (κ3) is 3.77. The Morgan fingerprint density at radius 1 is 0.971 bits per heavy atom. The smallest absolute Gasteiger partial charge is 0.319 e. The minimum absolute atomic E-state index is 0.129. The van der Waals surface area contributed by atoms with E-state index in [-0.39, 0.29) is 22.9 Å². The summed E-state index contributed by atoms with van der Waals surface area (Å²) in [5, 5.41) is 2.34. The minimum Gasteiger partial charge on any atom is -0.534 e. The molecule has 34 heavy (non-hydrogen) atoms. The molecule has 0 unspecified atom stereocenters.